The molecule has 0 aromatic carbocycles. The standard InChI is InChI=1S/C12H17NO2S/c1-8-5-6-16-10(8)11(15)13-7-9(14)12(2,3)4/h5-6H,7H2,1-4H3,(H,13,15). The summed E-state index contributed by atoms with van der Waals surface area (Å²) in [4.78, 5) is 24.0. The van der Waals surface area contributed by atoms with Gasteiger partial charge in [-0.15, -0.1) is 11.3 Å². The second kappa shape index (κ2) is 4.78. The molecule has 16 heavy (non-hydrogen) atoms. The third kappa shape index (κ3) is 3.17. The van der Waals surface area contributed by atoms with Crippen LogP contribution in [-0.2, 0) is 4.79 Å². The van der Waals surface area contributed by atoms with Gasteiger partial charge in [0, 0.05) is 5.41 Å². The number of hydrogen-bond acceptors (Lipinski definition) is 3. The van der Waals surface area contributed by atoms with E-state index < -0.39 is 5.41 Å². The highest BCUT2D eigenvalue weighted by molar-refractivity contribution is 7.12. The predicted octanol–water partition coefficient (Wildman–Crippen LogP) is 2.40. The molecule has 1 aromatic heterocycles. The van der Waals surface area contributed by atoms with Crippen molar-refractivity contribution in [3.63, 3.8) is 0 Å². The summed E-state index contributed by atoms with van der Waals surface area (Å²) in [5, 5.41) is 4.53. The lowest BCUT2D eigenvalue weighted by Gasteiger charge is -2.16. The van der Waals surface area contributed by atoms with Crippen molar-refractivity contribution >= 4 is 23.0 Å². The Balaban J connectivity index is 2.55. The van der Waals surface area contributed by atoms with Crippen molar-refractivity contribution in [1.29, 1.82) is 0 Å². The molecule has 1 heterocycles. The van der Waals surface area contributed by atoms with Gasteiger partial charge in [0.15, 0.2) is 5.78 Å². The zero-order chi connectivity index (χ0) is 12.3. The summed E-state index contributed by atoms with van der Waals surface area (Å²) >= 11 is 1.39. The Morgan fingerprint density at radius 3 is 2.44 bits per heavy atom. The highest BCUT2D eigenvalue weighted by Gasteiger charge is 2.21. The lowest BCUT2D eigenvalue weighted by Crippen LogP contribution is -2.35. The van der Waals surface area contributed by atoms with Crippen LogP contribution in [0, 0.1) is 12.3 Å². The SMILES string of the molecule is Cc1ccsc1C(=O)NCC(=O)C(C)(C)C. The minimum Gasteiger partial charge on any atom is -0.344 e. The van der Waals surface area contributed by atoms with E-state index in [1.165, 1.54) is 11.3 Å². The average Bonchev–Trinajstić information content (AvgIpc) is 2.58. The molecule has 0 aliphatic heterocycles. The fourth-order valence-electron chi connectivity index (χ4n) is 1.11. The van der Waals surface area contributed by atoms with Gasteiger partial charge in [-0.1, -0.05) is 20.8 Å². The summed E-state index contributed by atoms with van der Waals surface area (Å²) in [6, 6.07) is 1.89. The molecule has 4 heteroatoms. The number of hydrogen-bond donors (Lipinski definition) is 1. The van der Waals surface area contributed by atoms with Gasteiger partial charge in [-0.05, 0) is 23.9 Å². The summed E-state index contributed by atoms with van der Waals surface area (Å²) in [7, 11) is 0. The fourth-order valence-corrected chi connectivity index (χ4v) is 1.95. The first-order chi connectivity index (χ1) is 7.32. The number of ketones is 1. The highest BCUT2D eigenvalue weighted by atomic mass is 32.1. The average molecular weight is 239 g/mol. The predicted molar refractivity (Wildman–Crippen MR) is 65.9 cm³/mol. The number of rotatable bonds is 3. The molecule has 0 unspecified atom stereocenters. The first-order valence-electron chi connectivity index (χ1n) is 5.18. The van der Waals surface area contributed by atoms with Crippen LogP contribution in [0.4, 0.5) is 0 Å². The number of aryl methyl sites for hydroxylation is 1. The molecular weight excluding hydrogens is 222 g/mol. The molecule has 0 atom stereocenters. The van der Waals surface area contributed by atoms with Crippen molar-refractivity contribution in [2.75, 3.05) is 6.54 Å². The Morgan fingerprint density at radius 2 is 2.00 bits per heavy atom. The topological polar surface area (TPSA) is 46.2 Å². The number of nitrogens with one attached hydrogen (secondary N) is 1. The molecule has 0 fully saturated rings. The van der Waals surface area contributed by atoms with E-state index in [0.29, 0.717) is 4.88 Å². The van der Waals surface area contributed by atoms with Crippen molar-refractivity contribution in [3.05, 3.63) is 21.9 Å². The lowest BCUT2D eigenvalue weighted by molar-refractivity contribution is -0.125. The Bertz CT molecular complexity index is 401. The molecule has 0 radical (unpaired) electrons. The summed E-state index contributed by atoms with van der Waals surface area (Å²) < 4.78 is 0. The van der Waals surface area contributed by atoms with Gasteiger partial charge < -0.3 is 5.32 Å². The zero-order valence-electron chi connectivity index (χ0n) is 10.1. The third-order valence-corrected chi connectivity index (χ3v) is 3.33. The Labute approximate surface area is 99.9 Å². The molecule has 88 valence electrons. The van der Waals surface area contributed by atoms with Crippen LogP contribution in [0.2, 0.25) is 0 Å². The van der Waals surface area contributed by atoms with E-state index in [1.54, 1.807) is 0 Å². The Kier molecular flexibility index (Phi) is 3.86. The van der Waals surface area contributed by atoms with Crippen LogP contribution in [0.15, 0.2) is 11.4 Å². The normalized spacial score (nSPS) is 11.2. The lowest BCUT2D eigenvalue weighted by atomic mass is 9.91. The van der Waals surface area contributed by atoms with Gasteiger partial charge in [-0.3, -0.25) is 9.59 Å². The second-order valence-corrected chi connectivity index (χ2v) is 5.70. The zero-order valence-corrected chi connectivity index (χ0v) is 10.9. The van der Waals surface area contributed by atoms with E-state index in [1.807, 2.05) is 39.1 Å². The van der Waals surface area contributed by atoms with Gasteiger partial charge in [0.1, 0.15) is 0 Å². The van der Waals surface area contributed by atoms with E-state index in [2.05, 4.69) is 5.32 Å². The highest BCUT2D eigenvalue weighted by Crippen LogP contribution is 2.16. The van der Waals surface area contributed by atoms with Gasteiger partial charge in [-0.25, -0.2) is 0 Å². The molecule has 0 saturated heterocycles. The second-order valence-electron chi connectivity index (χ2n) is 4.79. The maximum Gasteiger partial charge on any atom is 0.261 e. The quantitative estimate of drug-likeness (QED) is 0.880. The van der Waals surface area contributed by atoms with Gasteiger partial charge >= 0.3 is 0 Å². The molecule has 0 spiro atoms. The van der Waals surface area contributed by atoms with Crippen molar-refractivity contribution in [3.8, 4) is 0 Å². The van der Waals surface area contributed by atoms with Crippen LogP contribution < -0.4 is 5.32 Å². The van der Waals surface area contributed by atoms with Gasteiger partial charge in [0.05, 0.1) is 11.4 Å². The molecule has 1 N–H and O–H groups in total. The maximum atomic E-state index is 11.7. The molecule has 1 aromatic rings. The minimum atomic E-state index is -0.405. The summed E-state index contributed by atoms with van der Waals surface area (Å²) in [5.74, 6) is -0.125. The smallest absolute Gasteiger partial charge is 0.261 e. The Morgan fingerprint density at radius 1 is 1.38 bits per heavy atom. The molecular formula is C12H17NO2S. The largest absolute Gasteiger partial charge is 0.344 e. The molecule has 0 bridgehead atoms. The first-order valence-corrected chi connectivity index (χ1v) is 6.06. The Hall–Kier alpha value is -1.16. The van der Waals surface area contributed by atoms with Gasteiger partial charge in [0.2, 0.25) is 0 Å². The fraction of sp³-hybridized carbons (Fsp3) is 0.500. The molecule has 1 amide bonds. The van der Waals surface area contributed by atoms with E-state index in [-0.39, 0.29) is 18.2 Å². The van der Waals surface area contributed by atoms with Crippen LogP contribution >= 0.6 is 11.3 Å². The van der Waals surface area contributed by atoms with E-state index in [0.717, 1.165) is 5.56 Å². The third-order valence-electron chi connectivity index (χ3n) is 2.31. The van der Waals surface area contributed by atoms with Crippen LogP contribution in [0.1, 0.15) is 36.0 Å². The summed E-state index contributed by atoms with van der Waals surface area (Å²) in [6.45, 7) is 7.52. The number of carbonyl (C=O) groups excluding carboxylic acids is 2. The van der Waals surface area contributed by atoms with Crippen molar-refractivity contribution < 1.29 is 9.59 Å². The monoisotopic (exact) mass is 239 g/mol. The number of Topliss-reactive ketones (excluding diaryl/α,β-unsaturated/α-hetero) is 1. The van der Waals surface area contributed by atoms with Crippen LogP contribution in [-0.4, -0.2) is 18.2 Å². The van der Waals surface area contributed by atoms with E-state index >= 15 is 0 Å². The van der Waals surface area contributed by atoms with Crippen molar-refractivity contribution in [2.45, 2.75) is 27.7 Å². The summed E-state index contributed by atoms with van der Waals surface area (Å²) in [5.41, 5.74) is 0.545. The maximum absolute atomic E-state index is 11.7. The molecule has 3 nitrogen and oxygen atoms in total. The van der Waals surface area contributed by atoms with E-state index in [9.17, 15) is 9.59 Å². The molecule has 1 rings (SSSR count). The van der Waals surface area contributed by atoms with Gasteiger partial charge in [-0.2, -0.15) is 0 Å². The number of thiophene rings is 1. The van der Waals surface area contributed by atoms with Crippen LogP contribution in [0.3, 0.4) is 0 Å². The summed E-state index contributed by atoms with van der Waals surface area (Å²) in [6.07, 6.45) is 0. The van der Waals surface area contributed by atoms with Crippen LogP contribution in [0.5, 0.6) is 0 Å². The molecule has 0 aliphatic rings. The number of carbonyl (C=O) groups is 2. The molecule has 0 saturated carbocycles. The van der Waals surface area contributed by atoms with Crippen molar-refractivity contribution in [2.24, 2.45) is 5.41 Å². The first kappa shape index (κ1) is 12.9. The van der Waals surface area contributed by atoms with E-state index in [4.69, 9.17) is 0 Å². The van der Waals surface area contributed by atoms with Gasteiger partial charge in [0.25, 0.3) is 5.91 Å². The molecule has 0 aliphatic carbocycles. The number of amides is 1. The minimum absolute atomic E-state index is 0.0371. The van der Waals surface area contributed by atoms with Crippen molar-refractivity contribution in [1.82, 2.24) is 5.32 Å². The van der Waals surface area contributed by atoms with Crippen LogP contribution in [0.25, 0.3) is 0 Å².